The van der Waals surface area contributed by atoms with E-state index in [9.17, 15) is 34.8 Å². The molecule has 5 rings (SSSR count). The van der Waals surface area contributed by atoms with Crippen molar-refractivity contribution in [3.63, 3.8) is 0 Å². The molecule has 0 spiro atoms. The van der Waals surface area contributed by atoms with Gasteiger partial charge in [0.1, 0.15) is 23.9 Å². The molecule has 1 aliphatic heterocycles. The number of ether oxygens (including phenoxy) is 3. The van der Waals surface area contributed by atoms with E-state index in [4.69, 9.17) is 19.9 Å². The maximum absolute atomic E-state index is 13.7. The summed E-state index contributed by atoms with van der Waals surface area (Å²) in [5.41, 5.74) is 4.14. The third-order valence-electron chi connectivity index (χ3n) is 8.17. The van der Waals surface area contributed by atoms with E-state index in [2.05, 4.69) is 0 Å². The van der Waals surface area contributed by atoms with Crippen LogP contribution in [0.1, 0.15) is 75.8 Å². The smallest absolute Gasteiger partial charge is 0.202 e. The lowest BCUT2D eigenvalue weighted by Gasteiger charge is -2.42. The first-order chi connectivity index (χ1) is 18.4. The summed E-state index contributed by atoms with van der Waals surface area (Å²) >= 11 is 0. The predicted octanol–water partition coefficient (Wildman–Crippen LogP) is 1.28. The molecule has 6 atom stereocenters. The summed E-state index contributed by atoms with van der Waals surface area (Å²) in [7, 11) is 1.35. The number of phenolic OH excluding ortho intramolecular Hbond substituents is 2. The standard InChI is InChI=1S/C28H31NO10/c1-11-23(32)14(29)7-18(38-11)39-16-9-28(2,17(31)10-30)8-13-20(16)27(36)22-21(25(13)34)24(33)12-5-4-6-15(37-3)19(12)26(22)35/h4-6,11,14,16,18,23,30,32,34,36H,7-10,29H2,1-3H3/t11-,14-,16-,18+,23?,28+/m0/s1. The predicted molar refractivity (Wildman–Crippen MR) is 135 cm³/mol. The summed E-state index contributed by atoms with van der Waals surface area (Å²) in [5, 5.41) is 42.8. The van der Waals surface area contributed by atoms with Crippen molar-refractivity contribution in [2.24, 2.45) is 11.1 Å². The van der Waals surface area contributed by atoms with Crippen LogP contribution in [-0.4, -0.2) is 76.0 Å². The van der Waals surface area contributed by atoms with Crippen LogP contribution in [0.5, 0.6) is 17.2 Å². The highest BCUT2D eigenvalue weighted by molar-refractivity contribution is 6.31. The number of aliphatic hydroxyl groups excluding tert-OH is 2. The second kappa shape index (κ2) is 9.68. The maximum Gasteiger partial charge on any atom is 0.202 e. The number of ketones is 3. The summed E-state index contributed by atoms with van der Waals surface area (Å²) < 4.78 is 17.3. The number of hydrogen-bond acceptors (Lipinski definition) is 11. The fourth-order valence-electron chi connectivity index (χ4n) is 5.99. The fourth-order valence-corrected chi connectivity index (χ4v) is 5.99. The largest absolute Gasteiger partial charge is 0.507 e. The number of methoxy groups -OCH3 is 1. The molecule has 1 saturated heterocycles. The Bertz CT molecular complexity index is 1380. The molecule has 11 heteroatoms. The molecule has 0 bridgehead atoms. The van der Waals surface area contributed by atoms with Crippen molar-refractivity contribution in [3.8, 4) is 17.2 Å². The summed E-state index contributed by atoms with van der Waals surface area (Å²) in [6.07, 6.45) is -3.68. The van der Waals surface area contributed by atoms with Gasteiger partial charge >= 0.3 is 0 Å². The van der Waals surface area contributed by atoms with Crippen LogP contribution in [0.15, 0.2) is 18.2 Å². The number of carbonyl (C=O) groups is 3. The SMILES string of the molecule is COc1cccc2c1C(=O)c1c(O)c3c(c(O)c1C2=O)C[C@@](C)(C(=O)CO)C[C@@H]3O[C@@H]1C[C@H](N)C(O)[C@H](C)O1. The second-order valence-electron chi connectivity index (χ2n) is 10.7. The van der Waals surface area contributed by atoms with E-state index < -0.39 is 71.5 Å². The molecular formula is C28H31NO10. The van der Waals surface area contributed by atoms with Crippen LogP contribution in [0, 0.1) is 5.41 Å². The highest BCUT2D eigenvalue weighted by Gasteiger charge is 2.48. The molecule has 208 valence electrons. The van der Waals surface area contributed by atoms with Gasteiger partial charge in [0.2, 0.25) is 5.78 Å². The minimum atomic E-state index is -1.24. The Morgan fingerprint density at radius 2 is 1.85 bits per heavy atom. The first-order valence-electron chi connectivity index (χ1n) is 12.7. The average molecular weight is 542 g/mol. The first kappa shape index (κ1) is 27.2. The second-order valence-corrected chi connectivity index (χ2v) is 10.7. The molecular weight excluding hydrogens is 510 g/mol. The third kappa shape index (κ3) is 4.12. The number of nitrogens with two attached hydrogens (primary N) is 1. The molecule has 6 N–H and O–H groups in total. The van der Waals surface area contributed by atoms with Gasteiger partial charge in [-0.05, 0) is 25.8 Å². The van der Waals surface area contributed by atoms with Crippen LogP contribution in [-0.2, 0) is 20.7 Å². The molecule has 1 fully saturated rings. The summed E-state index contributed by atoms with van der Waals surface area (Å²) in [4.78, 5) is 40.1. The summed E-state index contributed by atoms with van der Waals surface area (Å²) in [5.74, 6) is -2.88. The van der Waals surface area contributed by atoms with E-state index in [-0.39, 0.29) is 58.4 Å². The molecule has 0 saturated carbocycles. The zero-order valence-corrected chi connectivity index (χ0v) is 21.8. The maximum atomic E-state index is 13.7. The number of aliphatic hydroxyl groups is 2. The number of fused-ring (bicyclic) bond motifs is 3. The lowest BCUT2D eigenvalue weighted by atomic mass is 9.67. The summed E-state index contributed by atoms with van der Waals surface area (Å²) in [6, 6.07) is 3.82. The molecule has 11 nitrogen and oxygen atoms in total. The van der Waals surface area contributed by atoms with Gasteiger partial charge in [-0.3, -0.25) is 14.4 Å². The third-order valence-corrected chi connectivity index (χ3v) is 8.17. The zero-order valence-electron chi connectivity index (χ0n) is 21.8. The van der Waals surface area contributed by atoms with Crippen LogP contribution < -0.4 is 10.5 Å². The number of aromatic hydroxyl groups is 2. The van der Waals surface area contributed by atoms with E-state index in [0.717, 1.165) is 0 Å². The fraction of sp³-hybridized carbons (Fsp3) is 0.464. The van der Waals surface area contributed by atoms with E-state index in [1.807, 2.05) is 0 Å². The lowest BCUT2D eigenvalue weighted by Crippen LogP contribution is -2.52. The van der Waals surface area contributed by atoms with Gasteiger partial charge in [0, 0.05) is 34.6 Å². The average Bonchev–Trinajstić information content (AvgIpc) is 2.90. The Balaban J connectivity index is 1.69. The minimum Gasteiger partial charge on any atom is -0.507 e. The molecule has 0 radical (unpaired) electrons. The van der Waals surface area contributed by atoms with Gasteiger partial charge in [0.15, 0.2) is 17.9 Å². The topological polar surface area (TPSA) is 186 Å². The molecule has 39 heavy (non-hydrogen) atoms. The van der Waals surface area contributed by atoms with Gasteiger partial charge in [-0.2, -0.15) is 0 Å². The molecule has 0 aromatic heterocycles. The Morgan fingerprint density at radius 3 is 2.49 bits per heavy atom. The molecule has 0 amide bonds. The van der Waals surface area contributed by atoms with Crippen LogP contribution in [0.25, 0.3) is 0 Å². The molecule has 1 unspecified atom stereocenters. The van der Waals surface area contributed by atoms with Crippen molar-refractivity contribution in [3.05, 3.63) is 51.6 Å². The number of benzene rings is 2. The highest BCUT2D eigenvalue weighted by atomic mass is 16.7. The molecule has 3 aliphatic rings. The van der Waals surface area contributed by atoms with Gasteiger partial charge in [-0.15, -0.1) is 0 Å². The number of phenols is 2. The van der Waals surface area contributed by atoms with Crippen LogP contribution in [0.4, 0.5) is 0 Å². The van der Waals surface area contributed by atoms with Gasteiger partial charge in [-0.25, -0.2) is 0 Å². The molecule has 2 aliphatic carbocycles. The normalized spacial score (nSPS) is 29.8. The Hall–Kier alpha value is -3.35. The van der Waals surface area contributed by atoms with Crippen molar-refractivity contribution in [1.29, 1.82) is 0 Å². The summed E-state index contributed by atoms with van der Waals surface area (Å²) in [6.45, 7) is 2.45. The first-order valence-corrected chi connectivity index (χ1v) is 12.7. The number of Topliss-reactive ketones (excluding diaryl/α,β-unsaturated/α-hetero) is 1. The van der Waals surface area contributed by atoms with Crippen molar-refractivity contribution < 1.29 is 49.0 Å². The van der Waals surface area contributed by atoms with Crippen LogP contribution in [0.3, 0.4) is 0 Å². The van der Waals surface area contributed by atoms with Gasteiger partial charge < -0.3 is 40.4 Å². The van der Waals surface area contributed by atoms with E-state index in [1.165, 1.54) is 25.3 Å². The van der Waals surface area contributed by atoms with Gasteiger partial charge in [-0.1, -0.05) is 19.1 Å². The van der Waals surface area contributed by atoms with Gasteiger partial charge in [0.25, 0.3) is 0 Å². The van der Waals surface area contributed by atoms with E-state index >= 15 is 0 Å². The molecule has 2 aromatic rings. The Kier molecular flexibility index (Phi) is 6.76. The van der Waals surface area contributed by atoms with Crippen molar-refractivity contribution >= 4 is 17.3 Å². The number of rotatable bonds is 5. The van der Waals surface area contributed by atoms with E-state index in [0.29, 0.717) is 0 Å². The Morgan fingerprint density at radius 1 is 1.15 bits per heavy atom. The molecule has 1 heterocycles. The van der Waals surface area contributed by atoms with Crippen LogP contribution in [0.2, 0.25) is 0 Å². The quantitative estimate of drug-likeness (QED) is 0.293. The lowest BCUT2D eigenvalue weighted by molar-refractivity contribution is -0.245. The van der Waals surface area contributed by atoms with Crippen molar-refractivity contribution in [1.82, 2.24) is 0 Å². The number of hydrogen-bond donors (Lipinski definition) is 5. The monoisotopic (exact) mass is 541 g/mol. The van der Waals surface area contributed by atoms with Crippen molar-refractivity contribution in [2.75, 3.05) is 13.7 Å². The molecule has 2 aromatic carbocycles. The number of carbonyl (C=O) groups excluding carboxylic acids is 3. The highest BCUT2D eigenvalue weighted by Crippen LogP contribution is 2.54. The van der Waals surface area contributed by atoms with Crippen molar-refractivity contribution in [2.45, 2.75) is 63.8 Å². The van der Waals surface area contributed by atoms with Crippen LogP contribution >= 0.6 is 0 Å². The minimum absolute atomic E-state index is 0.0106. The Labute approximate surface area is 224 Å². The van der Waals surface area contributed by atoms with E-state index in [1.54, 1.807) is 13.8 Å². The van der Waals surface area contributed by atoms with Gasteiger partial charge in [0.05, 0.1) is 42.1 Å². The zero-order chi connectivity index (χ0) is 28.4.